The second-order valence-corrected chi connectivity index (χ2v) is 11.3. The second-order valence-electron chi connectivity index (χ2n) is 9.23. The number of benzene rings is 2. The first-order valence-corrected chi connectivity index (χ1v) is 14.4. The van der Waals surface area contributed by atoms with Gasteiger partial charge in [-0.25, -0.2) is 4.79 Å². The summed E-state index contributed by atoms with van der Waals surface area (Å²) in [6, 6.07) is 16.7. The highest BCUT2D eigenvalue weighted by molar-refractivity contribution is 7.25. The van der Waals surface area contributed by atoms with Crippen LogP contribution in [0, 0.1) is 11.3 Å². The van der Waals surface area contributed by atoms with Gasteiger partial charge in [-0.05, 0) is 36.8 Å². The van der Waals surface area contributed by atoms with Gasteiger partial charge in [-0.3, -0.25) is 0 Å². The van der Waals surface area contributed by atoms with Gasteiger partial charge in [0, 0.05) is 28.4 Å². The fraction of sp³-hybridized carbons (Fsp3) is 0.200. The maximum atomic E-state index is 11.5. The van der Waals surface area contributed by atoms with Gasteiger partial charge in [0.25, 0.3) is 0 Å². The fourth-order valence-electron chi connectivity index (χ4n) is 5.32. The Morgan fingerprint density at radius 3 is 2.23 bits per heavy atom. The Balaban J connectivity index is 1.42. The minimum atomic E-state index is -1.30. The summed E-state index contributed by atoms with van der Waals surface area (Å²) in [7, 11) is 0. The Kier molecular flexibility index (Phi) is 5.91. The molecule has 200 valence electrons. The van der Waals surface area contributed by atoms with Crippen molar-refractivity contribution >= 4 is 56.5 Å². The SMILES string of the molecule is CCn1c2ccccc2c2cc(-c3sc(-c4sc(/C=C(\C#N)C(=O)O)c5c4OCCO5)c4c3OCCO4)ccc21. The number of aromatic nitrogens is 1. The third-order valence-corrected chi connectivity index (χ3v) is 9.47. The molecule has 0 fully saturated rings. The Morgan fingerprint density at radius 1 is 0.900 bits per heavy atom. The maximum absolute atomic E-state index is 11.5. The molecule has 5 heterocycles. The summed E-state index contributed by atoms with van der Waals surface area (Å²) in [5.41, 5.74) is 3.02. The molecular formula is C30H22N2O6S2. The van der Waals surface area contributed by atoms with E-state index in [1.54, 1.807) is 17.4 Å². The summed E-state index contributed by atoms with van der Waals surface area (Å²) in [4.78, 5) is 14.6. The van der Waals surface area contributed by atoms with Crippen LogP contribution in [-0.2, 0) is 11.3 Å². The van der Waals surface area contributed by atoms with Crippen LogP contribution >= 0.6 is 22.7 Å². The van der Waals surface area contributed by atoms with Crippen LogP contribution in [0.15, 0.2) is 48.0 Å². The summed E-state index contributed by atoms with van der Waals surface area (Å²) in [6.45, 7) is 4.57. The summed E-state index contributed by atoms with van der Waals surface area (Å²) in [5.74, 6) is 0.986. The molecule has 0 atom stereocenters. The second kappa shape index (κ2) is 9.62. The first-order valence-electron chi connectivity index (χ1n) is 12.8. The number of nitrogens with zero attached hydrogens (tertiary/aromatic N) is 2. The van der Waals surface area contributed by atoms with E-state index in [1.165, 1.54) is 39.2 Å². The van der Waals surface area contributed by atoms with Crippen molar-refractivity contribution in [3.05, 3.63) is 52.9 Å². The number of hydrogen-bond acceptors (Lipinski definition) is 8. The molecule has 5 aromatic rings. The van der Waals surface area contributed by atoms with E-state index in [-0.39, 0.29) is 5.57 Å². The molecule has 0 amide bonds. The number of carboxylic acid groups (broad SMARTS) is 1. The van der Waals surface area contributed by atoms with Crippen LogP contribution in [0.1, 0.15) is 11.8 Å². The standard InChI is InChI=1S/C30H22N2O6S2/c1-2-32-20-6-4-3-5-18(20)19-13-16(7-8-21(19)32)27-25-26(38-12-11-37-25)29(40-27)28-24-23(35-9-10-36-24)22(39-28)14-17(15-31)30(33)34/h3-8,13-14H,2,9-12H2,1H3,(H,33,34)/b17-14+. The van der Waals surface area contributed by atoms with Crippen molar-refractivity contribution in [3.63, 3.8) is 0 Å². The van der Waals surface area contributed by atoms with Crippen LogP contribution < -0.4 is 18.9 Å². The molecule has 2 aromatic carbocycles. The molecule has 40 heavy (non-hydrogen) atoms. The lowest BCUT2D eigenvalue weighted by molar-refractivity contribution is -0.132. The first kappa shape index (κ1) is 24.6. The van der Waals surface area contributed by atoms with Crippen LogP contribution in [0.3, 0.4) is 0 Å². The number of nitriles is 1. The lowest BCUT2D eigenvalue weighted by Gasteiger charge is -2.18. The van der Waals surface area contributed by atoms with E-state index in [1.807, 2.05) is 0 Å². The molecule has 0 saturated heterocycles. The van der Waals surface area contributed by atoms with Crippen molar-refractivity contribution in [1.82, 2.24) is 4.57 Å². The van der Waals surface area contributed by atoms with E-state index < -0.39 is 5.97 Å². The molecule has 2 aliphatic rings. The summed E-state index contributed by atoms with van der Waals surface area (Å²) in [5, 5.41) is 21.1. The highest BCUT2D eigenvalue weighted by Gasteiger charge is 2.33. The molecule has 7 rings (SSSR count). The molecule has 0 unspecified atom stereocenters. The Labute approximate surface area is 236 Å². The van der Waals surface area contributed by atoms with E-state index >= 15 is 0 Å². The van der Waals surface area contributed by atoms with Gasteiger partial charge in [0.1, 0.15) is 38.1 Å². The Hall–Kier alpha value is -4.46. The van der Waals surface area contributed by atoms with Crippen molar-refractivity contribution in [3.8, 4) is 49.3 Å². The third-order valence-electron chi connectivity index (χ3n) is 7.01. The third kappa shape index (κ3) is 3.73. The van der Waals surface area contributed by atoms with E-state index in [4.69, 9.17) is 18.9 Å². The summed E-state index contributed by atoms with van der Waals surface area (Å²) >= 11 is 2.85. The predicted octanol–water partition coefficient (Wildman–Crippen LogP) is 6.81. The van der Waals surface area contributed by atoms with E-state index in [0.29, 0.717) is 54.3 Å². The molecule has 0 aliphatic carbocycles. The maximum Gasteiger partial charge on any atom is 0.346 e. The molecule has 0 saturated carbocycles. The number of hydrogen-bond donors (Lipinski definition) is 1. The van der Waals surface area contributed by atoms with Crippen molar-refractivity contribution < 1.29 is 28.8 Å². The van der Waals surface area contributed by atoms with E-state index in [9.17, 15) is 15.2 Å². The number of carbonyl (C=O) groups is 1. The number of aliphatic carboxylic acids is 1. The van der Waals surface area contributed by atoms with Gasteiger partial charge in [0.15, 0.2) is 23.0 Å². The van der Waals surface area contributed by atoms with Crippen molar-refractivity contribution in [1.29, 1.82) is 5.26 Å². The lowest BCUT2D eigenvalue weighted by atomic mass is 10.1. The van der Waals surface area contributed by atoms with Crippen molar-refractivity contribution in [2.24, 2.45) is 0 Å². The molecule has 0 radical (unpaired) electrons. The number of aryl methyl sites for hydroxylation is 1. The normalized spacial score (nSPS) is 14.4. The molecule has 1 N–H and O–H groups in total. The highest BCUT2D eigenvalue weighted by Crippen LogP contribution is 2.60. The van der Waals surface area contributed by atoms with Crippen LogP contribution in [0.4, 0.5) is 0 Å². The van der Waals surface area contributed by atoms with E-state index in [0.717, 1.165) is 26.7 Å². The average Bonchev–Trinajstić information content (AvgIpc) is 3.65. The van der Waals surface area contributed by atoms with Crippen molar-refractivity contribution in [2.75, 3.05) is 26.4 Å². The molecule has 0 spiro atoms. The number of fused-ring (bicyclic) bond motifs is 5. The number of para-hydroxylation sites is 1. The summed E-state index contributed by atoms with van der Waals surface area (Å²) in [6.07, 6.45) is 1.33. The summed E-state index contributed by atoms with van der Waals surface area (Å²) < 4.78 is 26.6. The van der Waals surface area contributed by atoms with E-state index in [2.05, 4.69) is 54.0 Å². The largest absolute Gasteiger partial charge is 0.485 e. The zero-order chi connectivity index (χ0) is 27.4. The fourth-order valence-corrected chi connectivity index (χ4v) is 7.76. The number of carboxylic acids is 1. The number of rotatable bonds is 5. The molecule has 2 aliphatic heterocycles. The van der Waals surface area contributed by atoms with Gasteiger partial charge in [-0.2, -0.15) is 5.26 Å². The zero-order valence-electron chi connectivity index (χ0n) is 21.4. The topological polar surface area (TPSA) is 103 Å². The molecule has 3 aromatic heterocycles. The van der Waals surface area contributed by atoms with Gasteiger partial charge >= 0.3 is 5.97 Å². The molecule has 0 bridgehead atoms. The predicted molar refractivity (Wildman–Crippen MR) is 155 cm³/mol. The number of thiophene rings is 2. The lowest BCUT2D eigenvalue weighted by Crippen LogP contribution is -2.15. The average molecular weight is 571 g/mol. The van der Waals surface area contributed by atoms with Crippen LogP contribution in [0.2, 0.25) is 0 Å². The number of ether oxygens (including phenoxy) is 4. The van der Waals surface area contributed by atoms with Gasteiger partial charge < -0.3 is 28.6 Å². The van der Waals surface area contributed by atoms with Gasteiger partial charge in [-0.15, -0.1) is 22.7 Å². The minimum Gasteiger partial charge on any atom is -0.485 e. The van der Waals surface area contributed by atoms with Crippen LogP contribution in [-0.4, -0.2) is 42.1 Å². The first-order chi connectivity index (χ1) is 19.6. The van der Waals surface area contributed by atoms with Gasteiger partial charge in [-0.1, -0.05) is 24.3 Å². The van der Waals surface area contributed by atoms with Crippen molar-refractivity contribution in [2.45, 2.75) is 13.5 Å². The van der Waals surface area contributed by atoms with Crippen LogP contribution in [0.25, 0.3) is 48.1 Å². The molecule has 8 nitrogen and oxygen atoms in total. The molecular weight excluding hydrogens is 548 g/mol. The minimum absolute atomic E-state index is 0.331. The Bertz CT molecular complexity index is 1900. The highest BCUT2D eigenvalue weighted by atomic mass is 32.1. The van der Waals surface area contributed by atoms with Gasteiger partial charge in [0.05, 0.1) is 19.5 Å². The quantitative estimate of drug-likeness (QED) is 0.183. The van der Waals surface area contributed by atoms with Gasteiger partial charge in [0.2, 0.25) is 0 Å². The van der Waals surface area contributed by atoms with Crippen LogP contribution in [0.5, 0.6) is 23.0 Å². The smallest absolute Gasteiger partial charge is 0.346 e. The molecule has 10 heteroatoms. The Morgan fingerprint density at radius 2 is 1.52 bits per heavy atom. The zero-order valence-corrected chi connectivity index (χ0v) is 23.0. The monoisotopic (exact) mass is 570 g/mol.